The van der Waals surface area contributed by atoms with Crippen LogP contribution in [0.15, 0.2) is 47.2 Å². The number of pyridine rings is 2. The molecule has 3 aromatic heterocycles. The summed E-state index contributed by atoms with van der Waals surface area (Å²) in [7, 11) is 0. The lowest BCUT2D eigenvalue weighted by Crippen LogP contribution is -1.85. The maximum Gasteiger partial charge on any atom is 0.139 e. The fraction of sp³-hybridized carbons (Fsp3) is 0. The average molecular weight is 275 g/mol. The Labute approximate surface area is 100 Å². The highest BCUT2D eigenvalue weighted by Gasteiger charge is 2.08. The lowest BCUT2D eigenvalue weighted by atomic mass is 10.2. The van der Waals surface area contributed by atoms with Crippen molar-refractivity contribution in [3.63, 3.8) is 0 Å². The summed E-state index contributed by atoms with van der Waals surface area (Å²) in [6, 6.07) is 11.6. The van der Waals surface area contributed by atoms with Crippen molar-refractivity contribution in [1.29, 1.82) is 0 Å². The second kappa shape index (κ2) is 3.68. The minimum absolute atomic E-state index is 0.793. The first-order valence-electron chi connectivity index (χ1n) is 4.77. The molecule has 3 heterocycles. The summed E-state index contributed by atoms with van der Waals surface area (Å²) in [5.41, 5.74) is 2.56. The molecule has 3 aromatic rings. The van der Waals surface area contributed by atoms with Gasteiger partial charge in [0.2, 0.25) is 0 Å². The number of hydrogen-bond donors (Lipinski definition) is 0. The van der Waals surface area contributed by atoms with Gasteiger partial charge in [-0.15, -0.1) is 5.10 Å². The maximum absolute atomic E-state index is 4.37. The van der Waals surface area contributed by atoms with Crippen LogP contribution in [0.1, 0.15) is 0 Å². The van der Waals surface area contributed by atoms with Crippen LogP contribution in [0.3, 0.4) is 0 Å². The van der Waals surface area contributed by atoms with Crippen LogP contribution in [0.4, 0.5) is 0 Å². The van der Waals surface area contributed by atoms with Gasteiger partial charge in [-0.2, -0.15) is 0 Å². The number of hydrogen-bond acceptors (Lipinski definition) is 3. The van der Waals surface area contributed by atoms with Gasteiger partial charge < -0.3 is 0 Å². The van der Waals surface area contributed by atoms with Crippen molar-refractivity contribution in [3.8, 4) is 11.4 Å². The molecule has 0 aliphatic carbocycles. The minimum Gasteiger partial charge on any atom is -0.239 e. The molecule has 4 nitrogen and oxygen atoms in total. The van der Waals surface area contributed by atoms with E-state index < -0.39 is 0 Å². The molecule has 0 saturated carbocycles. The molecule has 0 aliphatic heterocycles. The van der Waals surface area contributed by atoms with Crippen molar-refractivity contribution in [2.45, 2.75) is 0 Å². The van der Waals surface area contributed by atoms with Crippen LogP contribution in [0.5, 0.6) is 0 Å². The van der Waals surface area contributed by atoms with Gasteiger partial charge in [0.25, 0.3) is 0 Å². The van der Waals surface area contributed by atoms with E-state index in [0.717, 1.165) is 21.5 Å². The van der Waals surface area contributed by atoms with Gasteiger partial charge in [0, 0.05) is 6.20 Å². The van der Waals surface area contributed by atoms with Gasteiger partial charge in [0.05, 0.1) is 11.2 Å². The largest absolute Gasteiger partial charge is 0.239 e. The van der Waals surface area contributed by atoms with Crippen molar-refractivity contribution in [2.75, 3.05) is 0 Å². The third kappa shape index (κ3) is 1.49. The third-order valence-electron chi connectivity index (χ3n) is 2.28. The molecule has 78 valence electrons. The summed E-state index contributed by atoms with van der Waals surface area (Å²) in [5, 5.41) is 8.17. The Balaban J connectivity index is 2.26. The summed E-state index contributed by atoms with van der Waals surface area (Å²) >= 11 is 3.35. The minimum atomic E-state index is 0.793. The van der Waals surface area contributed by atoms with E-state index in [1.807, 2.05) is 42.6 Å². The van der Waals surface area contributed by atoms with Crippen LogP contribution in [-0.4, -0.2) is 19.8 Å². The summed E-state index contributed by atoms with van der Waals surface area (Å²) < 4.78 is 2.53. The molecular weight excluding hydrogens is 268 g/mol. The Bertz CT molecular complexity index is 647. The quantitative estimate of drug-likeness (QED) is 0.641. The van der Waals surface area contributed by atoms with Crippen molar-refractivity contribution in [1.82, 2.24) is 19.8 Å². The molecule has 0 radical (unpaired) electrons. The predicted octanol–water partition coefficient (Wildman–Crippen LogP) is 2.55. The number of halogens is 1. The zero-order chi connectivity index (χ0) is 11.0. The van der Waals surface area contributed by atoms with Gasteiger partial charge in [-0.05, 0) is 40.2 Å². The Morgan fingerprint density at radius 2 is 2.00 bits per heavy atom. The van der Waals surface area contributed by atoms with E-state index in [1.165, 1.54) is 0 Å². The van der Waals surface area contributed by atoms with Crippen LogP contribution in [0.2, 0.25) is 0 Å². The van der Waals surface area contributed by atoms with Crippen molar-refractivity contribution in [3.05, 3.63) is 47.2 Å². The topological polar surface area (TPSA) is 43.1 Å². The zero-order valence-corrected chi connectivity index (χ0v) is 9.79. The SMILES string of the molecule is Brc1cccc(-c2nnn3ccccc23)n1. The van der Waals surface area contributed by atoms with Crippen LogP contribution in [0.25, 0.3) is 16.9 Å². The van der Waals surface area contributed by atoms with Crippen LogP contribution in [-0.2, 0) is 0 Å². The van der Waals surface area contributed by atoms with E-state index in [2.05, 4.69) is 31.2 Å². The van der Waals surface area contributed by atoms with Gasteiger partial charge in [-0.25, -0.2) is 9.50 Å². The molecule has 0 bridgehead atoms. The van der Waals surface area contributed by atoms with Crippen molar-refractivity contribution < 1.29 is 0 Å². The zero-order valence-electron chi connectivity index (χ0n) is 8.21. The first-order chi connectivity index (χ1) is 7.84. The summed E-state index contributed by atoms with van der Waals surface area (Å²) in [6.07, 6.45) is 1.86. The number of nitrogens with zero attached hydrogens (tertiary/aromatic N) is 4. The highest BCUT2D eigenvalue weighted by Crippen LogP contribution is 2.21. The van der Waals surface area contributed by atoms with E-state index >= 15 is 0 Å². The second-order valence-electron chi connectivity index (χ2n) is 3.31. The molecule has 0 fully saturated rings. The van der Waals surface area contributed by atoms with E-state index in [0.29, 0.717) is 0 Å². The fourth-order valence-corrected chi connectivity index (χ4v) is 1.91. The standard InChI is InChI=1S/C11H7BrN4/c12-10-6-3-4-8(13-10)11-9-5-1-2-7-16(9)15-14-11/h1-7H. The predicted molar refractivity (Wildman–Crippen MR) is 63.9 cm³/mol. The van der Waals surface area contributed by atoms with Gasteiger partial charge in [0.1, 0.15) is 10.3 Å². The highest BCUT2D eigenvalue weighted by atomic mass is 79.9. The lowest BCUT2D eigenvalue weighted by Gasteiger charge is -1.96. The number of rotatable bonds is 1. The summed E-state index contributed by atoms with van der Waals surface area (Å²) in [6.45, 7) is 0. The Morgan fingerprint density at radius 3 is 2.88 bits per heavy atom. The number of aromatic nitrogens is 4. The monoisotopic (exact) mass is 274 g/mol. The van der Waals surface area contributed by atoms with E-state index in [9.17, 15) is 0 Å². The molecule has 5 heteroatoms. The molecule has 0 atom stereocenters. The average Bonchev–Trinajstić information content (AvgIpc) is 2.72. The molecule has 0 aromatic carbocycles. The van der Waals surface area contributed by atoms with Crippen molar-refractivity contribution >= 4 is 21.4 Å². The Kier molecular flexibility index (Phi) is 2.18. The van der Waals surface area contributed by atoms with Gasteiger partial charge in [-0.3, -0.25) is 0 Å². The first kappa shape index (κ1) is 9.47. The van der Waals surface area contributed by atoms with E-state index in [4.69, 9.17) is 0 Å². The molecule has 0 spiro atoms. The third-order valence-corrected chi connectivity index (χ3v) is 2.72. The molecule has 3 rings (SSSR count). The van der Waals surface area contributed by atoms with Gasteiger partial charge in [-0.1, -0.05) is 17.3 Å². The van der Waals surface area contributed by atoms with E-state index in [-0.39, 0.29) is 0 Å². The molecule has 0 saturated heterocycles. The summed E-state index contributed by atoms with van der Waals surface area (Å²) in [4.78, 5) is 4.37. The van der Waals surface area contributed by atoms with Crippen molar-refractivity contribution in [2.24, 2.45) is 0 Å². The second-order valence-corrected chi connectivity index (χ2v) is 4.13. The van der Waals surface area contributed by atoms with Crippen LogP contribution < -0.4 is 0 Å². The van der Waals surface area contributed by atoms with Gasteiger partial charge in [0.15, 0.2) is 0 Å². The molecule has 0 unspecified atom stereocenters. The molecule has 16 heavy (non-hydrogen) atoms. The number of fused-ring (bicyclic) bond motifs is 1. The molecule has 0 N–H and O–H groups in total. The van der Waals surface area contributed by atoms with Crippen LogP contribution in [0, 0.1) is 0 Å². The van der Waals surface area contributed by atoms with E-state index in [1.54, 1.807) is 4.52 Å². The van der Waals surface area contributed by atoms with Crippen LogP contribution >= 0.6 is 15.9 Å². The smallest absolute Gasteiger partial charge is 0.139 e. The molecular formula is C11H7BrN4. The highest BCUT2D eigenvalue weighted by molar-refractivity contribution is 9.10. The molecule has 0 aliphatic rings. The Hall–Kier alpha value is -1.75. The lowest BCUT2D eigenvalue weighted by molar-refractivity contribution is 0.856. The first-order valence-corrected chi connectivity index (χ1v) is 5.57. The normalized spacial score (nSPS) is 10.8. The fourth-order valence-electron chi connectivity index (χ4n) is 1.57. The maximum atomic E-state index is 4.37. The molecule has 0 amide bonds. The summed E-state index contributed by atoms with van der Waals surface area (Å²) in [5.74, 6) is 0. The van der Waals surface area contributed by atoms with Gasteiger partial charge >= 0.3 is 0 Å². The Morgan fingerprint density at radius 1 is 1.06 bits per heavy atom.